The molecule has 96 valence electrons. The fourth-order valence-corrected chi connectivity index (χ4v) is 1.53. The Morgan fingerprint density at radius 3 is 2.26 bits per heavy atom. The lowest BCUT2D eigenvalue weighted by molar-refractivity contribution is -0.384. The van der Waals surface area contributed by atoms with Crippen LogP contribution in [0.15, 0.2) is 54.6 Å². The number of nitrogens with zero attached hydrogens (tertiary/aromatic N) is 1. The molecule has 0 amide bonds. The van der Waals surface area contributed by atoms with E-state index in [0.717, 1.165) is 5.56 Å². The molecule has 0 heterocycles. The SMILES string of the molecule is O=C(OCc1ccccc1)c1ccc([N+](=O)[O-])cc1. The van der Waals surface area contributed by atoms with Crippen LogP contribution in [0.4, 0.5) is 5.69 Å². The quantitative estimate of drug-likeness (QED) is 0.479. The van der Waals surface area contributed by atoms with Gasteiger partial charge in [-0.3, -0.25) is 10.1 Å². The van der Waals surface area contributed by atoms with E-state index in [1.165, 1.54) is 24.3 Å². The summed E-state index contributed by atoms with van der Waals surface area (Å²) in [5.74, 6) is -0.501. The Morgan fingerprint density at radius 1 is 1.05 bits per heavy atom. The van der Waals surface area contributed by atoms with Crippen LogP contribution in [-0.2, 0) is 11.3 Å². The predicted octanol–water partition coefficient (Wildman–Crippen LogP) is 2.95. The lowest BCUT2D eigenvalue weighted by Gasteiger charge is -2.04. The van der Waals surface area contributed by atoms with Crippen molar-refractivity contribution in [2.24, 2.45) is 0 Å². The van der Waals surface area contributed by atoms with Crippen molar-refractivity contribution in [3.05, 3.63) is 75.8 Å². The van der Waals surface area contributed by atoms with Gasteiger partial charge in [-0.15, -0.1) is 0 Å². The minimum absolute atomic E-state index is 0.0559. The van der Waals surface area contributed by atoms with E-state index in [4.69, 9.17) is 4.74 Å². The molecule has 5 heteroatoms. The molecule has 0 spiro atoms. The minimum Gasteiger partial charge on any atom is -0.457 e. The molecule has 0 unspecified atom stereocenters. The summed E-state index contributed by atoms with van der Waals surface area (Å²) < 4.78 is 5.11. The smallest absolute Gasteiger partial charge is 0.338 e. The Balaban J connectivity index is 1.98. The lowest BCUT2D eigenvalue weighted by Crippen LogP contribution is -2.05. The van der Waals surface area contributed by atoms with Gasteiger partial charge < -0.3 is 4.74 Å². The highest BCUT2D eigenvalue weighted by atomic mass is 16.6. The van der Waals surface area contributed by atoms with Crippen molar-refractivity contribution >= 4 is 11.7 Å². The van der Waals surface area contributed by atoms with Gasteiger partial charge in [0.25, 0.3) is 5.69 Å². The molecule has 0 aliphatic rings. The number of benzene rings is 2. The van der Waals surface area contributed by atoms with Crippen LogP contribution in [0.5, 0.6) is 0 Å². The first kappa shape index (κ1) is 12.8. The molecule has 5 nitrogen and oxygen atoms in total. The van der Waals surface area contributed by atoms with Gasteiger partial charge in [0, 0.05) is 12.1 Å². The highest BCUT2D eigenvalue weighted by Crippen LogP contribution is 2.13. The zero-order chi connectivity index (χ0) is 13.7. The van der Waals surface area contributed by atoms with Crippen molar-refractivity contribution < 1.29 is 14.5 Å². The molecule has 0 fully saturated rings. The Morgan fingerprint density at radius 2 is 1.68 bits per heavy atom. The molecule has 0 aliphatic heterocycles. The second-order valence-corrected chi connectivity index (χ2v) is 3.87. The number of hydrogen-bond acceptors (Lipinski definition) is 4. The molecule has 19 heavy (non-hydrogen) atoms. The molecule has 0 bridgehead atoms. The van der Waals surface area contributed by atoms with Gasteiger partial charge in [-0.25, -0.2) is 4.79 Å². The summed E-state index contributed by atoms with van der Waals surface area (Å²) >= 11 is 0. The molecule has 0 atom stereocenters. The van der Waals surface area contributed by atoms with Crippen LogP contribution in [-0.4, -0.2) is 10.9 Å². The molecule has 2 aromatic carbocycles. The molecule has 0 saturated heterocycles. The standard InChI is InChI=1S/C14H11NO4/c16-14(19-10-11-4-2-1-3-5-11)12-6-8-13(9-7-12)15(17)18/h1-9H,10H2. The third kappa shape index (κ3) is 3.38. The third-order valence-electron chi connectivity index (χ3n) is 2.53. The number of hydrogen-bond donors (Lipinski definition) is 0. The summed E-state index contributed by atoms with van der Waals surface area (Å²) in [7, 11) is 0. The van der Waals surface area contributed by atoms with Crippen LogP contribution in [0.1, 0.15) is 15.9 Å². The zero-order valence-corrected chi connectivity index (χ0v) is 9.98. The topological polar surface area (TPSA) is 69.4 Å². The second kappa shape index (κ2) is 5.77. The van der Waals surface area contributed by atoms with Gasteiger partial charge in [0.05, 0.1) is 10.5 Å². The van der Waals surface area contributed by atoms with E-state index in [0.29, 0.717) is 5.56 Å². The van der Waals surface area contributed by atoms with E-state index in [-0.39, 0.29) is 12.3 Å². The summed E-state index contributed by atoms with van der Waals surface area (Å²) in [5, 5.41) is 10.5. The molecular weight excluding hydrogens is 246 g/mol. The number of nitro benzene ring substituents is 1. The molecular formula is C14H11NO4. The number of nitro groups is 1. The van der Waals surface area contributed by atoms with E-state index in [1.807, 2.05) is 30.3 Å². The van der Waals surface area contributed by atoms with Crippen LogP contribution in [0.25, 0.3) is 0 Å². The van der Waals surface area contributed by atoms with Crippen molar-refractivity contribution in [3.8, 4) is 0 Å². The normalized spacial score (nSPS) is 9.89. The van der Waals surface area contributed by atoms with Gasteiger partial charge in [-0.2, -0.15) is 0 Å². The number of esters is 1. The van der Waals surface area contributed by atoms with Gasteiger partial charge in [-0.05, 0) is 17.7 Å². The van der Waals surface area contributed by atoms with E-state index < -0.39 is 10.9 Å². The summed E-state index contributed by atoms with van der Waals surface area (Å²) in [6, 6.07) is 14.6. The summed E-state index contributed by atoms with van der Waals surface area (Å²) in [6.07, 6.45) is 0. The lowest BCUT2D eigenvalue weighted by atomic mass is 10.2. The Hall–Kier alpha value is -2.69. The van der Waals surface area contributed by atoms with Gasteiger partial charge in [0.2, 0.25) is 0 Å². The highest BCUT2D eigenvalue weighted by molar-refractivity contribution is 5.89. The largest absolute Gasteiger partial charge is 0.457 e. The van der Waals surface area contributed by atoms with Gasteiger partial charge in [-0.1, -0.05) is 30.3 Å². The van der Waals surface area contributed by atoms with Gasteiger partial charge >= 0.3 is 5.97 Å². The van der Waals surface area contributed by atoms with Crippen LogP contribution in [0.3, 0.4) is 0 Å². The molecule has 0 radical (unpaired) electrons. The van der Waals surface area contributed by atoms with Crippen molar-refractivity contribution in [2.45, 2.75) is 6.61 Å². The Kier molecular flexibility index (Phi) is 3.87. The summed E-state index contributed by atoms with van der Waals surface area (Å²) in [5.41, 5.74) is 1.12. The maximum atomic E-state index is 11.7. The monoisotopic (exact) mass is 257 g/mol. The minimum atomic E-state index is -0.515. The second-order valence-electron chi connectivity index (χ2n) is 3.87. The van der Waals surface area contributed by atoms with Gasteiger partial charge in [0.15, 0.2) is 0 Å². The predicted molar refractivity (Wildman–Crippen MR) is 68.7 cm³/mol. The van der Waals surface area contributed by atoms with Crippen molar-refractivity contribution in [1.82, 2.24) is 0 Å². The average molecular weight is 257 g/mol. The van der Waals surface area contributed by atoms with E-state index in [1.54, 1.807) is 0 Å². The number of non-ortho nitro benzene ring substituents is 1. The maximum absolute atomic E-state index is 11.7. The van der Waals surface area contributed by atoms with Crippen LogP contribution in [0.2, 0.25) is 0 Å². The summed E-state index contributed by atoms with van der Waals surface area (Å²) in [6.45, 7) is 0.177. The number of carbonyl (C=O) groups is 1. The Bertz CT molecular complexity index is 578. The molecule has 2 aromatic rings. The molecule has 0 aromatic heterocycles. The maximum Gasteiger partial charge on any atom is 0.338 e. The fourth-order valence-electron chi connectivity index (χ4n) is 1.53. The summed E-state index contributed by atoms with van der Waals surface area (Å²) in [4.78, 5) is 21.7. The number of ether oxygens (including phenoxy) is 1. The average Bonchev–Trinajstić information content (AvgIpc) is 2.46. The molecule has 0 saturated carbocycles. The van der Waals surface area contributed by atoms with Crippen LogP contribution >= 0.6 is 0 Å². The zero-order valence-electron chi connectivity index (χ0n) is 9.98. The fraction of sp³-hybridized carbons (Fsp3) is 0.0714. The first-order valence-electron chi connectivity index (χ1n) is 5.62. The number of rotatable bonds is 4. The number of carbonyl (C=O) groups excluding carboxylic acids is 1. The highest BCUT2D eigenvalue weighted by Gasteiger charge is 2.10. The van der Waals surface area contributed by atoms with Gasteiger partial charge in [0.1, 0.15) is 6.61 Å². The van der Waals surface area contributed by atoms with Crippen LogP contribution in [0, 0.1) is 10.1 Å². The first-order valence-corrected chi connectivity index (χ1v) is 5.62. The van der Waals surface area contributed by atoms with E-state index in [2.05, 4.69) is 0 Å². The van der Waals surface area contributed by atoms with E-state index in [9.17, 15) is 14.9 Å². The van der Waals surface area contributed by atoms with Crippen molar-refractivity contribution in [3.63, 3.8) is 0 Å². The molecule has 0 aliphatic carbocycles. The first-order chi connectivity index (χ1) is 9.16. The van der Waals surface area contributed by atoms with E-state index >= 15 is 0 Å². The Labute approximate surface area is 109 Å². The van der Waals surface area contributed by atoms with Crippen LogP contribution < -0.4 is 0 Å². The van der Waals surface area contributed by atoms with Crippen molar-refractivity contribution in [1.29, 1.82) is 0 Å². The molecule has 0 N–H and O–H groups in total. The third-order valence-corrected chi connectivity index (χ3v) is 2.53. The molecule has 2 rings (SSSR count). The van der Waals surface area contributed by atoms with Crippen molar-refractivity contribution in [2.75, 3.05) is 0 Å².